The van der Waals surface area contributed by atoms with Gasteiger partial charge in [-0.3, -0.25) is 14.0 Å². The Labute approximate surface area is 165 Å². The molecule has 1 unspecified atom stereocenters. The smallest absolute Gasteiger partial charge is 0.387 e. The Balaban J connectivity index is 2.01. The highest BCUT2D eigenvalue weighted by atomic mass is 32.2. The van der Waals surface area contributed by atoms with Crippen LogP contribution in [0.2, 0.25) is 0 Å². The highest BCUT2D eigenvalue weighted by Gasteiger charge is 2.22. The zero-order valence-electron chi connectivity index (χ0n) is 15.2. The molecule has 12 heteroatoms. The van der Waals surface area contributed by atoms with Crippen LogP contribution < -0.4 is 19.0 Å². The van der Waals surface area contributed by atoms with Crippen molar-refractivity contribution in [3.8, 4) is 23.5 Å². The summed E-state index contributed by atoms with van der Waals surface area (Å²) in [6, 6.07) is 5.43. The Morgan fingerprint density at radius 1 is 1.28 bits per heavy atom. The maximum Gasteiger partial charge on any atom is 0.387 e. The van der Waals surface area contributed by atoms with E-state index in [1.165, 1.54) is 44.9 Å². The van der Waals surface area contributed by atoms with Crippen molar-refractivity contribution in [1.29, 1.82) is 5.26 Å². The number of nitriles is 1. The molecule has 0 aliphatic carbocycles. The molecule has 0 N–H and O–H groups in total. The van der Waals surface area contributed by atoms with E-state index in [-0.39, 0.29) is 27.7 Å². The van der Waals surface area contributed by atoms with Gasteiger partial charge in [-0.25, -0.2) is 4.98 Å². The van der Waals surface area contributed by atoms with Crippen LogP contribution in [0.1, 0.15) is 5.69 Å². The summed E-state index contributed by atoms with van der Waals surface area (Å²) in [4.78, 5) is 13.2. The van der Waals surface area contributed by atoms with Crippen molar-refractivity contribution in [2.75, 3.05) is 14.2 Å². The third kappa shape index (κ3) is 4.19. The number of hydrogen-bond acceptors (Lipinski definition) is 8. The van der Waals surface area contributed by atoms with E-state index in [2.05, 4.69) is 14.7 Å². The lowest BCUT2D eigenvalue weighted by molar-refractivity contribution is -0.0497. The van der Waals surface area contributed by atoms with Crippen LogP contribution in [-0.4, -0.2) is 39.7 Å². The van der Waals surface area contributed by atoms with Gasteiger partial charge < -0.3 is 14.2 Å². The third-order valence-electron chi connectivity index (χ3n) is 3.75. The number of methoxy groups -OCH3 is 2. The van der Waals surface area contributed by atoms with Gasteiger partial charge in [0.2, 0.25) is 5.16 Å². The Hall–Kier alpha value is -3.46. The fourth-order valence-electron chi connectivity index (χ4n) is 2.61. The molecule has 9 nitrogen and oxygen atoms in total. The van der Waals surface area contributed by atoms with Crippen molar-refractivity contribution < 1.29 is 32.0 Å². The first kappa shape index (κ1) is 20.3. The Morgan fingerprint density at radius 2 is 2.07 bits per heavy atom. The first-order valence-corrected chi connectivity index (χ1v) is 9.28. The Bertz CT molecular complexity index is 1100. The summed E-state index contributed by atoms with van der Waals surface area (Å²) in [5.74, 6) is 0.450. The maximum atomic E-state index is 13.0. The van der Waals surface area contributed by atoms with Crippen LogP contribution in [0.25, 0.3) is 11.0 Å². The van der Waals surface area contributed by atoms with E-state index in [9.17, 15) is 13.0 Å². The van der Waals surface area contributed by atoms with Crippen molar-refractivity contribution >= 4 is 21.8 Å². The lowest BCUT2D eigenvalue weighted by Crippen LogP contribution is -2.13. The lowest BCUT2D eigenvalue weighted by atomic mass is 10.3. The lowest BCUT2D eigenvalue weighted by Gasteiger charge is -2.11. The molecule has 2 heterocycles. The first-order valence-electron chi connectivity index (χ1n) is 7.96. The van der Waals surface area contributed by atoms with E-state index in [4.69, 9.17) is 19.6 Å². The summed E-state index contributed by atoms with van der Waals surface area (Å²) in [5, 5.41) is 8.82. The van der Waals surface area contributed by atoms with Crippen LogP contribution in [0, 0.1) is 11.5 Å². The molecule has 0 bridgehead atoms. The maximum absolute atomic E-state index is 13.0. The monoisotopic (exact) mass is 424 g/mol. The van der Waals surface area contributed by atoms with Gasteiger partial charge >= 0.3 is 12.9 Å². The Kier molecular flexibility index (Phi) is 6.08. The number of pyridine rings is 1. The number of aromatic nitrogens is 3. The zero-order valence-corrected chi connectivity index (χ0v) is 16.0. The molecule has 29 heavy (non-hydrogen) atoms. The van der Waals surface area contributed by atoms with Gasteiger partial charge in [-0.15, -0.1) is 9.99 Å². The number of ether oxygens (including phenoxy) is 3. The average molecular weight is 424 g/mol. The second-order valence-corrected chi connectivity index (χ2v) is 6.73. The van der Waals surface area contributed by atoms with Crippen molar-refractivity contribution in [3.63, 3.8) is 0 Å². The predicted molar refractivity (Wildman–Crippen MR) is 96.0 cm³/mol. The minimum absolute atomic E-state index is 0.109. The SMILES string of the molecule is COc1ccnc(CS(=O)c2nc3cc(OC(F)F)ccc3n2OC#N)c1OC. The van der Waals surface area contributed by atoms with Crippen molar-refractivity contribution in [2.45, 2.75) is 17.5 Å². The second-order valence-electron chi connectivity index (χ2n) is 5.38. The second kappa shape index (κ2) is 8.70. The van der Waals surface area contributed by atoms with Crippen molar-refractivity contribution in [1.82, 2.24) is 14.7 Å². The van der Waals surface area contributed by atoms with Gasteiger partial charge in [0, 0.05) is 18.3 Å². The average Bonchev–Trinajstić information content (AvgIpc) is 3.05. The minimum atomic E-state index is -3.01. The van der Waals surface area contributed by atoms with E-state index >= 15 is 0 Å². The molecule has 0 saturated carbocycles. The molecule has 0 fully saturated rings. The summed E-state index contributed by atoms with van der Waals surface area (Å²) in [6.45, 7) is -3.01. The number of nitrogens with zero attached hydrogens (tertiary/aromatic N) is 4. The van der Waals surface area contributed by atoms with Crippen molar-refractivity contribution in [2.24, 2.45) is 0 Å². The molecule has 0 aliphatic rings. The van der Waals surface area contributed by atoms with E-state index < -0.39 is 17.4 Å². The summed E-state index contributed by atoms with van der Waals surface area (Å²) >= 11 is 0. The summed E-state index contributed by atoms with van der Waals surface area (Å²) in [7, 11) is 1.05. The van der Waals surface area contributed by atoms with Crippen LogP contribution in [0.5, 0.6) is 17.2 Å². The molecule has 152 valence electrons. The predicted octanol–water partition coefficient (Wildman–Crippen LogP) is 2.27. The van der Waals surface area contributed by atoms with Crippen LogP contribution in [0.3, 0.4) is 0 Å². The minimum Gasteiger partial charge on any atom is -0.493 e. The number of hydrogen-bond donors (Lipinski definition) is 0. The third-order valence-corrected chi connectivity index (χ3v) is 4.95. The molecule has 0 aliphatic heterocycles. The van der Waals surface area contributed by atoms with Gasteiger partial charge in [-0.2, -0.15) is 8.78 Å². The molecule has 1 aromatic carbocycles. The number of fused-ring (bicyclic) bond motifs is 1. The summed E-state index contributed by atoms with van der Waals surface area (Å²) in [6.07, 6.45) is 2.95. The first-order chi connectivity index (χ1) is 14.0. The largest absolute Gasteiger partial charge is 0.493 e. The van der Waals surface area contributed by atoms with Crippen molar-refractivity contribution in [3.05, 3.63) is 36.2 Å². The van der Waals surface area contributed by atoms with Crippen LogP contribution in [0.15, 0.2) is 35.6 Å². The van der Waals surface area contributed by atoms with Gasteiger partial charge in [0.1, 0.15) is 11.3 Å². The van der Waals surface area contributed by atoms with E-state index in [1.54, 1.807) is 6.07 Å². The molecule has 3 rings (SSSR count). The topological polar surface area (TPSA) is 108 Å². The van der Waals surface area contributed by atoms with Crippen LogP contribution >= 0.6 is 0 Å². The molecular weight excluding hydrogens is 410 g/mol. The summed E-state index contributed by atoms with van der Waals surface area (Å²) in [5.41, 5.74) is 0.747. The standard InChI is InChI=1S/C17H14F2N4O5S/c1-25-14-5-6-21-12(15(14)26-2)8-29(24)17-22-11-7-10(28-16(18)19)3-4-13(11)23(17)27-9-20/h3-7,16H,8H2,1-2H3. The quantitative estimate of drug-likeness (QED) is 0.507. The zero-order chi connectivity index (χ0) is 21.0. The van der Waals surface area contributed by atoms with Gasteiger partial charge in [0.15, 0.2) is 11.5 Å². The number of imidazole rings is 1. The molecular formula is C17H14F2N4O5S. The van der Waals surface area contributed by atoms with Crippen LogP contribution in [0.4, 0.5) is 8.78 Å². The van der Waals surface area contributed by atoms with E-state index in [1.807, 2.05) is 0 Å². The number of benzene rings is 1. The van der Waals surface area contributed by atoms with Gasteiger partial charge in [-0.05, 0) is 12.1 Å². The number of alkyl halides is 2. The Morgan fingerprint density at radius 3 is 2.72 bits per heavy atom. The summed E-state index contributed by atoms with van der Waals surface area (Å²) < 4.78 is 53.6. The molecule has 1 atom stereocenters. The highest BCUT2D eigenvalue weighted by molar-refractivity contribution is 7.84. The van der Waals surface area contributed by atoms with Gasteiger partial charge in [0.05, 0.1) is 42.0 Å². The highest BCUT2D eigenvalue weighted by Crippen LogP contribution is 2.31. The molecule has 0 amide bonds. The molecule has 0 radical (unpaired) electrons. The van der Waals surface area contributed by atoms with Gasteiger partial charge in [-0.1, -0.05) is 0 Å². The molecule has 3 aromatic rings. The molecule has 0 spiro atoms. The van der Waals surface area contributed by atoms with E-state index in [0.29, 0.717) is 17.2 Å². The number of halogens is 2. The van der Waals surface area contributed by atoms with Crippen LogP contribution in [-0.2, 0) is 16.6 Å². The fraction of sp³-hybridized carbons (Fsp3) is 0.235. The fourth-order valence-corrected chi connectivity index (χ4v) is 3.71. The van der Waals surface area contributed by atoms with Gasteiger partial charge in [0.25, 0.3) is 0 Å². The molecule has 0 saturated heterocycles. The van der Waals surface area contributed by atoms with E-state index in [0.717, 1.165) is 4.73 Å². The normalized spacial score (nSPS) is 11.9. The molecule has 2 aromatic heterocycles. The number of rotatable bonds is 8.